The highest BCUT2D eigenvalue weighted by atomic mass is 16.6. The number of amides is 1. The van der Waals surface area contributed by atoms with E-state index in [9.17, 15) is 4.79 Å². The van der Waals surface area contributed by atoms with E-state index in [-0.39, 0.29) is 6.09 Å². The van der Waals surface area contributed by atoms with Crippen LogP contribution in [0.2, 0.25) is 0 Å². The summed E-state index contributed by atoms with van der Waals surface area (Å²) in [6, 6.07) is 20.4. The number of likely N-dealkylation sites (tertiary alicyclic amines) is 1. The molecule has 2 aromatic carbocycles. The summed E-state index contributed by atoms with van der Waals surface area (Å²) >= 11 is 0. The summed E-state index contributed by atoms with van der Waals surface area (Å²) in [5.41, 5.74) is 3.56. The lowest BCUT2D eigenvalue weighted by molar-refractivity contribution is 0.0240. The molecule has 2 aliphatic heterocycles. The fourth-order valence-corrected chi connectivity index (χ4v) is 5.09. The van der Waals surface area contributed by atoms with Crippen LogP contribution in [0.4, 0.5) is 10.5 Å². The topological polar surface area (TPSA) is 39.3 Å². The minimum atomic E-state index is -0.453. The average Bonchev–Trinajstić information content (AvgIpc) is 3.23. The van der Waals surface area contributed by atoms with E-state index in [1.807, 2.05) is 25.7 Å². The third-order valence-corrected chi connectivity index (χ3v) is 6.89. The molecule has 0 saturated carbocycles. The van der Waals surface area contributed by atoms with Crippen LogP contribution in [0.5, 0.6) is 0 Å². The molecule has 0 spiro atoms. The maximum absolute atomic E-state index is 12.4. The van der Waals surface area contributed by atoms with Crippen LogP contribution < -0.4 is 4.90 Å². The van der Waals surface area contributed by atoms with Crippen molar-refractivity contribution in [3.05, 3.63) is 65.7 Å². The first-order valence-corrected chi connectivity index (χ1v) is 12.4. The van der Waals surface area contributed by atoms with E-state index < -0.39 is 5.60 Å². The van der Waals surface area contributed by atoms with Crippen molar-refractivity contribution in [3.63, 3.8) is 0 Å². The van der Waals surface area contributed by atoms with Crippen LogP contribution in [-0.4, -0.2) is 85.8 Å². The van der Waals surface area contributed by atoms with E-state index in [4.69, 9.17) is 4.74 Å². The Kier molecular flexibility index (Phi) is 7.48. The third-order valence-electron chi connectivity index (χ3n) is 6.89. The van der Waals surface area contributed by atoms with Crippen LogP contribution in [-0.2, 0) is 11.3 Å². The number of carbonyl (C=O) groups is 1. The van der Waals surface area contributed by atoms with Gasteiger partial charge in [0.05, 0.1) is 0 Å². The molecule has 0 unspecified atom stereocenters. The van der Waals surface area contributed by atoms with Crippen molar-refractivity contribution in [2.75, 3.05) is 58.3 Å². The summed E-state index contributed by atoms with van der Waals surface area (Å²) in [5, 5.41) is 0. The standard InChI is InChI=1S/C28H40N4O2/c1-28(2,3)34-27(33)32-17-15-31(16-18-32)24-13-11-23(12-14-24)25-20-30(21-26(25)29(4)5)19-22-9-7-6-8-10-22/h6-14,25-26H,15-21H2,1-5H3/t25-,26+/m1/s1. The van der Waals surface area contributed by atoms with Crippen molar-refractivity contribution in [2.24, 2.45) is 0 Å². The van der Waals surface area contributed by atoms with Gasteiger partial charge in [0, 0.05) is 63.5 Å². The summed E-state index contributed by atoms with van der Waals surface area (Å²) in [6.07, 6.45) is -0.210. The molecule has 6 heteroatoms. The van der Waals surface area contributed by atoms with Crippen LogP contribution in [0.1, 0.15) is 37.8 Å². The van der Waals surface area contributed by atoms with Crippen LogP contribution in [0, 0.1) is 0 Å². The fraction of sp³-hybridized carbons (Fsp3) is 0.536. The van der Waals surface area contributed by atoms with E-state index in [1.165, 1.54) is 16.8 Å². The largest absolute Gasteiger partial charge is 0.444 e. The highest BCUT2D eigenvalue weighted by Gasteiger charge is 2.35. The van der Waals surface area contributed by atoms with Gasteiger partial charge in [-0.1, -0.05) is 42.5 Å². The molecule has 0 aliphatic carbocycles. The Labute approximate surface area is 205 Å². The van der Waals surface area contributed by atoms with Gasteiger partial charge in [-0.05, 0) is 58.1 Å². The predicted octanol–water partition coefficient (Wildman–Crippen LogP) is 4.27. The number of piperazine rings is 1. The molecule has 2 fully saturated rings. The molecule has 184 valence electrons. The first-order valence-electron chi connectivity index (χ1n) is 12.4. The second-order valence-electron chi connectivity index (χ2n) is 10.9. The van der Waals surface area contributed by atoms with E-state index in [1.54, 1.807) is 0 Å². The number of nitrogens with zero attached hydrogens (tertiary/aromatic N) is 4. The van der Waals surface area contributed by atoms with Crippen LogP contribution in [0.15, 0.2) is 54.6 Å². The van der Waals surface area contributed by atoms with Gasteiger partial charge in [0.2, 0.25) is 0 Å². The Morgan fingerprint density at radius 3 is 2.18 bits per heavy atom. The number of hydrogen-bond acceptors (Lipinski definition) is 5. The smallest absolute Gasteiger partial charge is 0.410 e. The van der Waals surface area contributed by atoms with Crippen molar-refractivity contribution < 1.29 is 9.53 Å². The van der Waals surface area contributed by atoms with Crippen LogP contribution in [0.25, 0.3) is 0 Å². The summed E-state index contributed by atoms with van der Waals surface area (Å²) in [5.74, 6) is 0.497. The summed E-state index contributed by atoms with van der Waals surface area (Å²) < 4.78 is 5.53. The molecule has 2 atom stereocenters. The van der Waals surface area contributed by atoms with Gasteiger partial charge in [0.25, 0.3) is 0 Å². The molecule has 2 heterocycles. The Hall–Kier alpha value is -2.57. The monoisotopic (exact) mass is 464 g/mol. The highest BCUT2D eigenvalue weighted by Crippen LogP contribution is 2.32. The number of hydrogen-bond donors (Lipinski definition) is 0. The number of benzene rings is 2. The van der Waals surface area contributed by atoms with Gasteiger partial charge in [0.15, 0.2) is 0 Å². The van der Waals surface area contributed by atoms with Crippen molar-refractivity contribution in [1.29, 1.82) is 0 Å². The van der Waals surface area contributed by atoms with E-state index >= 15 is 0 Å². The van der Waals surface area contributed by atoms with Crippen molar-refractivity contribution >= 4 is 11.8 Å². The molecule has 0 N–H and O–H groups in total. The number of carbonyl (C=O) groups excluding carboxylic acids is 1. The summed E-state index contributed by atoms with van der Waals surface area (Å²) in [7, 11) is 4.39. The third kappa shape index (κ3) is 6.10. The first kappa shape index (κ1) is 24.6. The minimum Gasteiger partial charge on any atom is -0.444 e. The number of ether oxygens (including phenoxy) is 1. The molecule has 0 bridgehead atoms. The Morgan fingerprint density at radius 2 is 1.59 bits per heavy atom. The van der Waals surface area contributed by atoms with Crippen LogP contribution in [0.3, 0.4) is 0 Å². The molecule has 6 nitrogen and oxygen atoms in total. The average molecular weight is 465 g/mol. The van der Waals surface area contributed by atoms with Gasteiger partial charge in [-0.25, -0.2) is 4.79 Å². The van der Waals surface area contributed by atoms with Gasteiger partial charge >= 0.3 is 6.09 Å². The molecule has 4 rings (SSSR count). The molecule has 1 amide bonds. The predicted molar refractivity (Wildman–Crippen MR) is 138 cm³/mol. The van der Waals surface area contributed by atoms with Gasteiger partial charge < -0.3 is 19.4 Å². The molecule has 2 saturated heterocycles. The van der Waals surface area contributed by atoms with E-state index in [2.05, 4.69) is 83.4 Å². The lowest BCUT2D eigenvalue weighted by Crippen LogP contribution is -2.50. The minimum absolute atomic E-state index is 0.210. The molecule has 2 aromatic rings. The Morgan fingerprint density at radius 1 is 0.941 bits per heavy atom. The van der Waals surface area contributed by atoms with Gasteiger partial charge in [-0.2, -0.15) is 0 Å². The molecular formula is C28H40N4O2. The second kappa shape index (κ2) is 10.4. The van der Waals surface area contributed by atoms with Crippen molar-refractivity contribution in [3.8, 4) is 0 Å². The lowest BCUT2D eigenvalue weighted by Gasteiger charge is -2.37. The first-order chi connectivity index (χ1) is 16.2. The number of likely N-dealkylation sites (N-methyl/N-ethyl adjacent to an activating group) is 1. The summed E-state index contributed by atoms with van der Waals surface area (Å²) in [4.78, 5) is 21.5. The highest BCUT2D eigenvalue weighted by molar-refractivity contribution is 5.68. The van der Waals surface area contributed by atoms with Gasteiger partial charge in [-0.3, -0.25) is 4.90 Å². The Balaban J connectivity index is 1.36. The molecule has 2 aliphatic rings. The SMILES string of the molecule is CN(C)[C@H]1CN(Cc2ccccc2)C[C@@H]1c1ccc(N2CCN(C(=O)OC(C)(C)C)CC2)cc1. The fourth-order valence-electron chi connectivity index (χ4n) is 5.09. The zero-order chi connectivity index (χ0) is 24.3. The zero-order valence-electron chi connectivity index (χ0n) is 21.4. The molecule has 34 heavy (non-hydrogen) atoms. The normalized spacial score (nSPS) is 21.8. The Bertz CT molecular complexity index is 931. The van der Waals surface area contributed by atoms with Crippen molar-refractivity contribution in [2.45, 2.75) is 44.9 Å². The molecule has 0 aromatic heterocycles. The number of anilines is 1. The van der Waals surface area contributed by atoms with Gasteiger partial charge in [0.1, 0.15) is 5.60 Å². The quantitative estimate of drug-likeness (QED) is 0.661. The molecular weight excluding hydrogens is 424 g/mol. The van der Waals surface area contributed by atoms with E-state index in [0.29, 0.717) is 25.0 Å². The summed E-state index contributed by atoms with van der Waals surface area (Å²) in [6.45, 7) is 11.9. The second-order valence-corrected chi connectivity index (χ2v) is 10.9. The maximum Gasteiger partial charge on any atom is 0.410 e. The lowest BCUT2D eigenvalue weighted by atomic mass is 9.93. The zero-order valence-corrected chi connectivity index (χ0v) is 21.4. The van der Waals surface area contributed by atoms with E-state index in [0.717, 1.165) is 32.7 Å². The van der Waals surface area contributed by atoms with Gasteiger partial charge in [-0.15, -0.1) is 0 Å². The van der Waals surface area contributed by atoms with Crippen LogP contribution >= 0.6 is 0 Å². The maximum atomic E-state index is 12.4. The molecule has 0 radical (unpaired) electrons. The number of rotatable bonds is 5. The van der Waals surface area contributed by atoms with Crippen molar-refractivity contribution in [1.82, 2.24) is 14.7 Å².